The minimum absolute atomic E-state index is 0.00141. The van der Waals surface area contributed by atoms with Crippen LogP contribution >= 0.6 is 0 Å². The van der Waals surface area contributed by atoms with Gasteiger partial charge in [0.25, 0.3) is 5.91 Å². The van der Waals surface area contributed by atoms with Crippen LogP contribution in [0.15, 0.2) is 12.3 Å². The van der Waals surface area contributed by atoms with E-state index in [4.69, 9.17) is 4.74 Å². The first-order valence-electron chi connectivity index (χ1n) is 6.83. The summed E-state index contributed by atoms with van der Waals surface area (Å²) in [5.41, 5.74) is -0.273. The Bertz CT molecular complexity index is 484. The van der Waals surface area contributed by atoms with Crippen LogP contribution in [-0.2, 0) is 4.74 Å². The third kappa shape index (κ3) is 2.90. The van der Waals surface area contributed by atoms with Gasteiger partial charge < -0.3 is 15.4 Å². The lowest BCUT2D eigenvalue weighted by Gasteiger charge is -2.40. The molecule has 6 heteroatoms. The summed E-state index contributed by atoms with van der Waals surface area (Å²) < 4.78 is 19.5. The SMILES string of the molecule is CCNc1nccc(C(=O)NCC2(OC)CCC2)c1F. The fourth-order valence-electron chi connectivity index (χ4n) is 2.27. The number of hydrogen-bond donors (Lipinski definition) is 2. The first kappa shape index (κ1) is 14.7. The molecular formula is C14H20FN3O2. The Hall–Kier alpha value is -1.69. The predicted molar refractivity (Wildman–Crippen MR) is 74.3 cm³/mol. The molecule has 110 valence electrons. The van der Waals surface area contributed by atoms with Crippen molar-refractivity contribution in [2.45, 2.75) is 31.8 Å². The quantitative estimate of drug-likeness (QED) is 0.836. The van der Waals surface area contributed by atoms with Gasteiger partial charge in [0.15, 0.2) is 11.6 Å². The molecular weight excluding hydrogens is 261 g/mol. The van der Waals surface area contributed by atoms with Gasteiger partial charge in [-0.2, -0.15) is 0 Å². The zero-order valence-electron chi connectivity index (χ0n) is 11.8. The second kappa shape index (κ2) is 6.17. The molecule has 1 saturated carbocycles. The average molecular weight is 281 g/mol. The maximum Gasteiger partial charge on any atom is 0.254 e. The van der Waals surface area contributed by atoms with E-state index >= 15 is 0 Å². The molecule has 0 aromatic carbocycles. The van der Waals surface area contributed by atoms with Gasteiger partial charge >= 0.3 is 0 Å². The van der Waals surface area contributed by atoms with Gasteiger partial charge in [0.2, 0.25) is 0 Å². The van der Waals surface area contributed by atoms with E-state index < -0.39 is 11.7 Å². The second-order valence-electron chi connectivity index (χ2n) is 4.97. The van der Waals surface area contributed by atoms with Crippen molar-refractivity contribution in [3.8, 4) is 0 Å². The van der Waals surface area contributed by atoms with Crippen LogP contribution in [0.25, 0.3) is 0 Å². The molecule has 1 heterocycles. The highest BCUT2D eigenvalue weighted by atomic mass is 19.1. The zero-order valence-corrected chi connectivity index (χ0v) is 11.8. The Kier molecular flexibility index (Phi) is 4.54. The molecule has 0 aliphatic heterocycles. The van der Waals surface area contributed by atoms with Gasteiger partial charge in [0.1, 0.15) is 0 Å². The standard InChI is InChI=1S/C14H20FN3O2/c1-3-16-12-11(15)10(5-8-17-12)13(19)18-9-14(20-2)6-4-7-14/h5,8H,3-4,6-7,9H2,1-2H3,(H,16,17)(H,18,19). The molecule has 0 spiro atoms. The summed E-state index contributed by atoms with van der Waals surface area (Å²) in [4.78, 5) is 15.9. The first-order chi connectivity index (χ1) is 9.62. The number of aromatic nitrogens is 1. The van der Waals surface area contributed by atoms with E-state index in [0.29, 0.717) is 13.1 Å². The minimum Gasteiger partial charge on any atom is -0.376 e. The highest BCUT2D eigenvalue weighted by Crippen LogP contribution is 2.34. The number of carbonyl (C=O) groups is 1. The predicted octanol–water partition coefficient (Wildman–Crippen LogP) is 1.95. The van der Waals surface area contributed by atoms with Crippen LogP contribution in [0.4, 0.5) is 10.2 Å². The van der Waals surface area contributed by atoms with Crippen molar-refractivity contribution in [3.05, 3.63) is 23.6 Å². The highest BCUT2D eigenvalue weighted by molar-refractivity contribution is 5.95. The van der Waals surface area contributed by atoms with Gasteiger partial charge in [-0.3, -0.25) is 4.79 Å². The number of carbonyl (C=O) groups excluding carboxylic acids is 1. The lowest BCUT2D eigenvalue weighted by molar-refractivity contribution is -0.0679. The number of halogens is 1. The smallest absolute Gasteiger partial charge is 0.254 e. The summed E-state index contributed by atoms with van der Waals surface area (Å²) in [5, 5.41) is 5.53. The van der Waals surface area contributed by atoms with Crippen LogP contribution in [0.5, 0.6) is 0 Å². The van der Waals surface area contributed by atoms with Crippen molar-refractivity contribution in [2.75, 3.05) is 25.5 Å². The molecule has 2 rings (SSSR count). The third-order valence-corrected chi connectivity index (χ3v) is 3.75. The van der Waals surface area contributed by atoms with Gasteiger partial charge in [-0.15, -0.1) is 0 Å². The topological polar surface area (TPSA) is 63.2 Å². The number of ether oxygens (including phenoxy) is 1. The van der Waals surface area contributed by atoms with Crippen LogP contribution in [0.2, 0.25) is 0 Å². The molecule has 20 heavy (non-hydrogen) atoms. The molecule has 1 amide bonds. The highest BCUT2D eigenvalue weighted by Gasteiger charge is 2.37. The van der Waals surface area contributed by atoms with Crippen molar-refractivity contribution in [1.29, 1.82) is 0 Å². The third-order valence-electron chi connectivity index (χ3n) is 3.75. The second-order valence-corrected chi connectivity index (χ2v) is 4.97. The van der Waals surface area contributed by atoms with Crippen molar-refractivity contribution < 1.29 is 13.9 Å². The number of rotatable bonds is 6. The van der Waals surface area contributed by atoms with Crippen molar-refractivity contribution in [2.24, 2.45) is 0 Å². The van der Waals surface area contributed by atoms with Gasteiger partial charge in [0, 0.05) is 26.4 Å². The van der Waals surface area contributed by atoms with Crippen molar-refractivity contribution >= 4 is 11.7 Å². The Morgan fingerprint density at radius 1 is 1.55 bits per heavy atom. The molecule has 1 aliphatic carbocycles. The van der Waals surface area contributed by atoms with E-state index in [1.54, 1.807) is 7.11 Å². The zero-order chi connectivity index (χ0) is 14.6. The fraction of sp³-hybridized carbons (Fsp3) is 0.571. The summed E-state index contributed by atoms with van der Waals surface area (Å²) in [7, 11) is 1.64. The fourth-order valence-corrected chi connectivity index (χ4v) is 2.27. The molecule has 2 N–H and O–H groups in total. The number of nitrogens with zero attached hydrogens (tertiary/aromatic N) is 1. The summed E-state index contributed by atoms with van der Waals surface area (Å²) in [6.07, 6.45) is 4.36. The number of hydrogen-bond acceptors (Lipinski definition) is 4. The normalized spacial score (nSPS) is 16.4. The van der Waals surface area contributed by atoms with Crippen LogP contribution in [0.1, 0.15) is 36.5 Å². The summed E-state index contributed by atoms with van der Waals surface area (Å²) in [6.45, 7) is 2.79. The maximum absolute atomic E-state index is 14.1. The molecule has 1 aromatic heterocycles. The molecule has 0 unspecified atom stereocenters. The molecule has 1 fully saturated rings. The van der Waals surface area contributed by atoms with Crippen LogP contribution in [-0.4, -0.2) is 36.7 Å². The largest absolute Gasteiger partial charge is 0.376 e. The van der Waals surface area contributed by atoms with Gasteiger partial charge in [-0.05, 0) is 32.3 Å². The average Bonchev–Trinajstić information content (AvgIpc) is 2.40. The summed E-state index contributed by atoms with van der Waals surface area (Å²) in [5.74, 6) is -0.954. The molecule has 1 aliphatic rings. The van der Waals surface area contributed by atoms with Crippen LogP contribution in [0, 0.1) is 5.82 Å². The van der Waals surface area contributed by atoms with E-state index in [1.807, 2.05) is 6.92 Å². The number of anilines is 1. The van der Waals surface area contributed by atoms with E-state index in [2.05, 4.69) is 15.6 Å². The molecule has 0 atom stereocenters. The number of methoxy groups -OCH3 is 1. The van der Waals surface area contributed by atoms with E-state index in [0.717, 1.165) is 19.3 Å². The van der Waals surface area contributed by atoms with E-state index in [9.17, 15) is 9.18 Å². The maximum atomic E-state index is 14.1. The number of nitrogens with one attached hydrogen (secondary N) is 2. The molecule has 1 aromatic rings. The molecule has 0 saturated heterocycles. The Labute approximate surface area is 117 Å². The Balaban J connectivity index is 2.04. The monoisotopic (exact) mass is 281 g/mol. The Morgan fingerprint density at radius 2 is 2.30 bits per heavy atom. The minimum atomic E-state index is -0.619. The molecule has 5 nitrogen and oxygen atoms in total. The van der Waals surface area contributed by atoms with Crippen LogP contribution in [0.3, 0.4) is 0 Å². The number of amides is 1. The van der Waals surface area contributed by atoms with Gasteiger partial charge in [-0.1, -0.05) is 0 Å². The van der Waals surface area contributed by atoms with Crippen molar-refractivity contribution in [1.82, 2.24) is 10.3 Å². The Morgan fingerprint density at radius 3 is 2.85 bits per heavy atom. The lowest BCUT2D eigenvalue weighted by Crippen LogP contribution is -2.49. The van der Waals surface area contributed by atoms with E-state index in [-0.39, 0.29) is 17.0 Å². The summed E-state index contributed by atoms with van der Waals surface area (Å²) >= 11 is 0. The van der Waals surface area contributed by atoms with Crippen LogP contribution < -0.4 is 10.6 Å². The first-order valence-corrected chi connectivity index (χ1v) is 6.83. The number of pyridine rings is 1. The molecule has 0 bridgehead atoms. The van der Waals surface area contributed by atoms with E-state index in [1.165, 1.54) is 12.3 Å². The van der Waals surface area contributed by atoms with Crippen molar-refractivity contribution in [3.63, 3.8) is 0 Å². The molecule has 0 radical (unpaired) electrons. The van der Waals surface area contributed by atoms with Gasteiger partial charge in [0.05, 0.1) is 11.2 Å². The summed E-state index contributed by atoms with van der Waals surface area (Å²) in [6, 6.07) is 1.38. The van der Waals surface area contributed by atoms with Gasteiger partial charge in [-0.25, -0.2) is 9.37 Å². The lowest BCUT2D eigenvalue weighted by atomic mass is 9.80.